The van der Waals surface area contributed by atoms with Gasteiger partial charge in [-0.1, -0.05) is 30.3 Å². The molecule has 0 spiro atoms. The minimum Gasteiger partial charge on any atom is -0.379 e. The Labute approximate surface area is 198 Å². The van der Waals surface area contributed by atoms with E-state index in [4.69, 9.17) is 4.74 Å². The van der Waals surface area contributed by atoms with Crippen LogP contribution < -0.4 is 5.32 Å². The van der Waals surface area contributed by atoms with Gasteiger partial charge in [-0.3, -0.25) is 4.90 Å². The predicted octanol–water partition coefficient (Wildman–Crippen LogP) is 5.58. The Bertz CT molecular complexity index is 1010. The number of likely N-dealkylation sites (tertiary alicyclic amines) is 1. The summed E-state index contributed by atoms with van der Waals surface area (Å²) in [6.45, 7) is 3.20. The molecule has 2 aromatic rings. The lowest BCUT2D eigenvalue weighted by molar-refractivity contribution is -0.143. The van der Waals surface area contributed by atoms with Gasteiger partial charge in [0.2, 0.25) is 0 Å². The van der Waals surface area contributed by atoms with E-state index in [1.807, 2.05) is 30.3 Å². The minimum atomic E-state index is -5.00. The Balaban J connectivity index is 1.67. The van der Waals surface area contributed by atoms with Gasteiger partial charge in [0.05, 0.1) is 29.9 Å². The number of nitrogens with one attached hydrogen (secondary N) is 1. The van der Waals surface area contributed by atoms with E-state index in [2.05, 4.69) is 10.2 Å². The number of nitrogens with zero attached hydrogens (tertiary/aromatic N) is 2. The molecule has 2 fully saturated rings. The van der Waals surface area contributed by atoms with Gasteiger partial charge in [-0.05, 0) is 36.6 Å². The van der Waals surface area contributed by atoms with E-state index in [-0.39, 0.29) is 6.07 Å². The van der Waals surface area contributed by atoms with Crippen LogP contribution in [-0.4, -0.2) is 55.2 Å². The first kappa shape index (κ1) is 25.3. The molecule has 0 unspecified atom stereocenters. The third kappa shape index (κ3) is 5.56. The van der Waals surface area contributed by atoms with Crippen molar-refractivity contribution in [3.8, 4) is 0 Å². The number of alkyl halides is 6. The lowest BCUT2D eigenvalue weighted by atomic mass is 9.86. The lowest BCUT2D eigenvalue weighted by Gasteiger charge is -2.43. The van der Waals surface area contributed by atoms with Crippen molar-refractivity contribution < 1.29 is 35.9 Å². The lowest BCUT2D eigenvalue weighted by Crippen LogP contribution is -2.55. The van der Waals surface area contributed by atoms with Crippen LogP contribution in [0.25, 0.3) is 0 Å². The molecular formula is C24H25F6N3O2. The van der Waals surface area contributed by atoms with E-state index in [1.165, 1.54) is 4.90 Å². The molecule has 2 saturated heterocycles. The fraction of sp³-hybridized carbons (Fsp3) is 0.458. The minimum absolute atomic E-state index is 0.0399. The van der Waals surface area contributed by atoms with Crippen LogP contribution in [0.4, 0.5) is 36.8 Å². The number of carbonyl (C=O) groups is 1. The topological polar surface area (TPSA) is 44.8 Å². The van der Waals surface area contributed by atoms with Gasteiger partial charge in [0.25, 0.3) is 0 Å². The van der Waals surface area contributed by atoms with E-state index in [0.29, 0.717) is 64.4 Å². The molecule has 4 rings (SSSR count). The van der Waals surface area contributed by atoms with Crippen molar-refractivity contribution in [2.45, 2.75) is 30.7 Å². The van der Waals surface area contributed by atoms with E-state index in [9.17, 15) is 31.1 Å². The van der Waals surface area contributed by atoms with Gasteiger partial charge in [-0.25, -0.2) is 4.79 Å². The number of halogens is 6. The van der Waals surface area contributed by atoms with Crippen LogP contribution in [0, 0.1) is 0 Å². The smallest absolute Gasteiger partial charge is 0.379 e. The molecule has 35 heavy (non-hydrogen) atoms. The van der Waals surface area contributed by atoms with Gasteiger partial charge in [-0.2, -0.15) is 26.3 Å². The number of hydrogen-bond acceptors (Lipinski definition) is 3. The molecule has 2 heterocycles. The van der Waals surface area contributed by atoms with E-state index in [0.717, 1.165) is 5.56 Å². The van der Waals surface area contributed by atoms with Crippen molar-refractivity contribution in [3.63, 3.8) is 0 Å². The fourth-order valence-corrected chi connectivity index (χ4v) is 4.83. The maximum absolute atomic E-state index is 13.4. The Hall–Kier alpha value is -2.79. The Morgan fingerprint density at radius 3 is 2.09 bits per heavy atom. The number of rotatable bonds is 4. The second kappa shape index (κ2) is 9.69. The molecule has 2 aliphatic heterocycles. The molecule has 1 atom stereocenters. The summed E-state index contributed by atoms with van der Waals surface area (Å²) in [5, 5.41) is 2.31. The van der Waals surface area contributed by atoms with Gasteiger partial charge in [0.15, 0.2) is 0 Å². The third-order valence-corrected chi connectivity index (χ3v) is 6.47. The zero-order valence-electron chi connectivity index (χ0n) is 18.8. The van der Waals surface area contributed by atoms with Gasteiger partial charge in [0, 0.05) is 31.9 Å². The van der Waals surface area contributed by atoms with Crippen LogP contribution in [0.3, 0.4) is 0 Å². The summed E-state index contributed by atoms with van der Waals surface area (Å²) in [5.41, 5.74) is -3.44. The number of carbonyl (C=O) groups excluding carboxylic acids is 1. The van der Waals surface area contributed by atoms with Crippen LogP contribution in [0.5, 0.6) is 0 Å². The average Bonchev–Trinajstić information content (AvgIpc) is 3.24. The highest BCUT2D eigenvalue weighted by atomic mass is 19.4. The first-order valence-corrected chi connectivity index (χ1v) is 11.2. The highest BCUT2D eigenvalue weighted by molar-refractivity contribution is 5.90. The third-order valence-electron chi connectivity index (χ3n) is 6.47. The van der Waals surface area contributed by atoms with Gasteiger partial charge >= 0.3 is 18.4 Å². The highest BCUT2D eigenvalue weighted by Gasteiger charge is 2.46. The molecule has 0 saturated carbocycles. The summed E-state index contributed by atoms with van der Waals surface area (Å²) in [6, 6.07) is 9.64. The molecule has 0 aromatic heterocycles. The van der Waals surface area contributed by atoms with Crippen LogP contribution in [0.2, 0.25) is 0 Å². The molecule has 11 heteroatoms. The SMILES string of the molecule is O=C(Nc1cc(C(F)(F)F)cc(C(F)(F)F)c1)N1CCC[C@@]1(CN1CCOCC1)c1ccccc1. The van der Waals surface area contributed by atoms with Gasteiger partial charge in [-0.15, -0.1) is 0 Å². The molecule has 5 nitrogen and oxygen atoms in total. The summed E-state index contributed by atoms with van der Waals surface area (Å²) < 4.78 is 85.1. The molecular weight excluding hydrogens is 476 g/mol. The number of ether oxygens (including phenoxy) is 1. The number of anilines is 1. The van der Waals surface area contributed by atoms with Crippen molar-refractivity contribution in [2.24, 2.45) is 0 Å². The Morgan fingerprint density at radius 1 is 0.914 bits per heavy atom. The number of benzene rings is 2. The summed E-state index contributed by atoms with van der Waals surface area (Å²) in [7, 11) is 0. The van der Waals surface area contributed by atoms with Crippen molar-refractivity contribution in [1.29, 1.82) is 0 Å². The van der Waals surface area contributed by atoms with Gasteiger partial charge in [0.1, 0.15) is 0 Å². The predicted molar refractivity (Wildman–Crippen MR) is 117 cm³/mol. The van der Waals surface area contributed by atoms with Crippen molar-refractivity contribution in [2.75, 3.05) is 44.7 Å². The molecule has 0 aliphatic carbocycles. The zero-order chi connectivity index (χ0) is 25.3. The maximum atomic E-state index is 13.4. The van der Waals surface area contributed by atoms with Crippen LogP contribution in [0.15, 0.2) is 48.5 Å². The van der Waals surface area contributed by atoms with Crippen LogP contribution in [-0.2, 0) is 22.6 Å². The first-order valence-electron chi connectivity index (χ1n) is 11.2. The number of amides is 2. The Kier molecular flexibility index (Phi) is 7.01. The monoisotopic (exact) mass is 501 g/mol. The zero-order valence-corrected chi connectivity index (χ0v) is 18.8. The van der Waals surface area contributed by atoms with Gasteiger partial charge < -0.3 is 15.0 Å². The number of urea groups is 1. The van der Waals surface area contributed by atoms with Crippen LogP contribution in [0.1, 0.15) is 29.5 Å². The standard InChI is InChI=1S/C24H25F6N3O2/c25-23(26,27)18-13-19(24(28,29)30)15-20(14-18)31-21(34)33-8-4-7-22(33,17-5-2-1-3-6-17)16-32-9-11-35-12-10-32/h1-3,5-6,13-15H,4,7-12,16H2,(H,31,34)/t22-/m1/s1. The van der Waals surface area contributed by atoms with E-state index >= 15 is 0 Å². The quantitative estimate of drug-likeness (QED) is 0.557. The second-order valence-corrected chi connectivity index (χ2v) is 8.77. The van der Waals surface area contributed by atoms with E-state index in [1.54, 1.807) is 0 Å². The molecule has 1 N–H and O–H groups in total. The highest BCUT2D eigenvalue weighted by Crippen LogP contribution is 2.41. The normalized spacial score (nSPS) is 21.8. The first-order chi connectivity index (χ1) is 16.5. The van der Waals surface area contributed by atoms with Crippen molar-refractivity contribution >= 4 is 11.7 Å². The Morgan fingerprint density at radius 2 is 1.51 bits per heavy atom. The molecule has 2 amide bonds. The molecule has 0 bridgehead atoms. The van der Waals surface area contributed by atoms with E-state index < -0.39 is 40.7 Å². The van der Waals surface area contributed by atoms with Crippen molar-refractivity contribution in [3.05, 3.63) is 65.2 Å². The summed E-state index contributed by atoms with van der Waals surface area (Å²) >= 11 is 0. The van der Waals surface area contributed by atoms with Crippen LogP contribution >= 0.6 is 0 Å². The summed E-state index contributed by atoms with van der Waals surface area (Å²) in [5.74, 6) is 0. The fourth-order valence-electron chi connectivity index (χ4n) is 4.83. The van der Waals surface area contributed by atoms with Crippen molar-refractivity contribution in [1.82, 2.24) is 9.80 Å². The summed E-state index contributed by atoms with van der Waals surface area (Å²) in [4.78, 5) is 17.1. The number of hydrogen-bond donors (Lipinski definition) is 1. The maximum Gasteiger partial charge on any atom is 0.416 e. The molecule has 2 aromatic carbocycles. The molecule has 190 valence electrons. The largest absolute Gasteiger partial charge is 0.416 e. The molecule has 2 aliphatic rings. The number of morpholine rings is 1. The second-order valence-electron chi connectivity index (χ2n) is 8.77. The summed E-state index contributed by atoms with van der Waals surface area (Å²) in [6.07, 6.45) is -8.75. The molecule has 0 radical (unpaired) electrons. The average molecular weight is 501 g/mol.